The summed E-state index contributed by atoms with van der Waals surface area (Å²) in [6, 6.07) is 2.63. The number of imide groups is 2. The van der Waals surface area contributed by atoms with Crippen LogP contribution in [0, 0.1) is 5.92 Å². The molecule has 1 fully saturated rings. The largest absolute Gasteiger partial charge is 0.416 e. The number of hydrogen-bond donors (Lipinski definition) is 1. The Labute approximate surface area is 134 Å². The van der Waals surface area contributed by atoms with Crippen LogP contribution in [0.15, 0.2) is 24.3 Å². The number of rotatable bonds is 2. The van der Waals surface area contributed by atoms with Crippen molar-refractivity contribution in [2.24, 2.45) is 5.92 Å². The second kappa shape index (κ2) is 5.95. The molecule has 1 aromatic rings. The van der Waals surface area contributed by atoms with Gasteiger partial charge in [0.05, 0.1) is 5.56 Å². The zero-order valence-electron chi connectivity index (χ0n) is 12.5. The zero-order chi connectivity index (χ0) is 18.2. The number of carbonyl (C=O) groups is 4. The van der Waals surface area contributed by atoms with Crippen LogP contribution in [0.2, 0.25) is 0 Å². The Balaban J connectivity index is 2.18. The van der Waals surface area contributed by atoms with Crippen LogP contribution in [-0.4, -0.2) is 47.6 Å². The topological polar surface area (TPSA) is 86.8 Å². The van der Waals surface area contributed by atoms with Gasteiger partial charge in [-0.25, -0.2) is 4.79 Å². The quantitative estimate of drug-likeness (QED) is 0.821. The van der Waals surface area contributed by atoms with E-state index in [0.717, 1.165) is 38.4 Å². The molecule has 7 nitrogen and oxygen atoms in total. The smallest absolute Gasteiger partial charge is 0.325 e. The Morgan fingerprint density at radius 1 is 1.00 bits per heavy atom. The lowest BCUT2D eigenvalue weighted by molar-refractivity contribution is -0.151. The number of nitrogens with one attached hydrogen (secondary N) is 1. The SMILES string of the molecule is CN1C(=O)C(C(=O)Nc2ccc(C(F)(F)F)cc2)C(=O)N(C)C1=O. The van der Waals surface area contributed by atoms with Crippen molar-refractivity contribution in [2.45, 2.75) is 6.18 Å². The molecule has 1 heterocycles. The predicted molar refractivity (Wildman–Crippen MR) is 74.5 cm³/mol. The zero-order valence-corrected chi connectivity index (χ0v) is 12.5. The van der Waals surface area contributed by atoms with Crippen LogP contribution >= 0.6 is 0 Å². The Hall–Kier alpha value is -2.91. The first-order chi connectivity index (χ1) is 11.0. The summed E-state index contributed by atoms with van der Waals surface area (Å²) in [5, 5.41) is 2.19. The Morgan fingerprint density at radius 2 is 1.46 bits per heavy atom. The Morgan fingerprint density at radius 3 is 1.88 bits per heavy atom. The summed E-state index contributed by atoms with van der Waals surface area (Å²) < 4.78 is 37.4. The molecule has 5 amide bonds. The van der Waals surface area contributed by atoms with Gasteiger partial charge in [0, 0.05) is 19.8 Å². The van der Waals surface area contributed by atoms with E-state index >= 15 is 0 Å². The summed E-state index contributed by atoms with van der Waals surface area (Å²) in [5.74, 6) is -4.82. The molecular weight excluding hydrogens is 331 g/mol. The maximum Gasteiger partial charge on any atom is 0.416 e. The second-order valence-corrected chi connectivity index (χ2v) is 5.07. The highest BCUT2D eigenvalue weighted by atomic mass is 19.4. The molecule has 0 atom stereocenters. The maximum absolute atomic E-state index is 12.5. The number of amides is 5. The number of urea groups is 1. The van der Waals surface area contributed by atoms with Gasteiger partial charge in [0.25, 0.3) is 11.8 Å². The van der Waals surface area contributed by atoms with E-state index < -0.39 is 41.4 Å². The number of carbonyl (C=O) groups excluding carboxylic acids is 4. The van der Waals surface area contributed by atoms with Crippen molar-refractivity contribution < 1.29 is 32.3 Å². The molecule has 1 aliphatic heterocycles. The van der Waals surface area contributed by atoms with Gasteiger partial charge in [-0.2, -0.15) is 13.2 Å². The molecule has 1 aliphatic rings. The second-order valence-electron chi connectivity index (χ2n) is 5.07. The number of benzene rings is 1. The van der Waals surface area contributed by atoms with Gasteiger partial charge in [-0.05, 0) is 24.3 Å². The third-order valence-corrected chi connectivity index (χ3v) is 3.47. The van der Waals surface area contributed by atoms with E-state index in [2.05, 4.69) is 5.32 Å². The summed E-state index contributed by atoms with van der Waals surface area (Å²) in [6.45, 7) is 0. The lowest BCUT2D eigenvalue weighted by Crippen LogP contribution is -2.59. The van der Waals surface area contributed by atoms with Gasteiger partial charge < -0.3 is 5.32 Å². The molecule has 0 radical (unpaired) electrons. The molecular formula is C14H12F3N3O4. The summed E-state index contributed by atoms with van der Waals surface area (Å²) in [7, 11) is 2.23. The van der Waals surface area contributed by atoms with E-state index in [9.17, 15) is 32.3 Å². The van der Waals surface area contributed by atoms with Gasteiger partial charge >= 0.3 is 12.2 Å². The molecule has 0 saturated carbocycles. The van der Waals surface area contributed by atoms with Crippen molar-refractivity contribution in [1.29, 1.82) is 0 Å². The summed E-state index contributed by atoms with van der Waals surface area (Å²) in [6.07, 6.45) is -4.52. The highest BCUT2D eigenvalue weighted by molar-refractivity contribution is 6.27. The van der Waals surface area contributed by atoms with Crippen molar-refractivity contribution in [3.63, 3.8) is 0 Å². The highest BCUT2D eigenvalue weighted by Gasteiger charge is 2.46. The van der Waals surface area contributed by atoms with Gasteiger partial charge in [-0.15, -0.1) is 0 Å². The van der Waals surface area contributed by atoms with Crippen LogP contribution in [0.1, 0.15) is 5.56 Å². The highest BCUT2D eigenvalue weighted by Crippen LogP contribution is 2.30. The number of hydrogen-bond acceptors (Lipinski definition) is 4. The molecule has 1 aromatic carbocycles. The first kappa shape index (κ1) is 17.4. The van der Waals surface area contributed by atoms with Crippen LogP contribution in [0.5, 0.6) is 0 Å². The fraction of sp³-hybridized carbons (Fsp3) is 0.286. The fourth-order valence-electron chi connectivity index (χ4n) is 2.09. The first-order valence-corrected chi connectivity index (χ1v) is 6.61. The minimum Gasteiger partial charge on any atom is -0.325 e. The van der Waals surface area contributed by atoms with E-state index in [0.29, 0.717) is 9.80 Å². The fourth-order valence-corrected chi connectivity index (χ4v) is 2.09. The third-order valence-electron chi connectivity index (χ3n) is 3.47. The lowest BCUT2D eigenvalue weighted by atomic mass is 10.0. The number of halogens is 3. The predicted octanol–water partition coefficient (Wildman–Crippen LogP) is 1.31. The Bertz CT molecular complexity index is 691. The monoisotopic (exact) mass is 343 g/mol. The normalized spacial score (nSPS) is 16.6. The van der Waals surface area contributed by atoms with E-state index in [-0.39, 0.29) is 5.69 Å². The average molecular weight is 343 g/mol. The van der Waals surface area contributed by atoms with Crippen molar-refractivity contribution in [3.8, 4) is 0 Å². The van der Waals surface area contributed by atoms with Crippen LogP contribution in [-0.2, 0) is 20.6 Å². The number of nitrogens with zero attached hydrogens (tertiary/aromatic N) is 2. The molecule has 10 heteroatoms. The molecule has 128 valence electrons. The van der Waals surface area contributed by atoms with E-state index in [1.807, 2.05) is 0 Å². The van der Waals surface area contributed by atoms with Gasteiger partial charge in [0.15, 0.2) is 5.92 Å². The molecule has 0 aromatic heterocycles. The molecule has 0 bridgehead atoms. The molecule has 1 saturated heterocycles. The molecule has 2 rings (SSSR count). The summed E-state index contributed by atoms with van der Waals surface area (Å²) in [4.78, 5) is 48.9. The van der Waals surface area contributed by atoms with Crippen LogP contribution in [0.4, 0.5) is 23.7 Å². The number of barbiturate groups is 1. The first-order valence-electron chi connectivity index (χ1n) is 6.61. The summed E-state index contributed by atoms with van der Waals surface area (Å²) >= 11 is 0. The lowest BCUT2D eigenvalue weighted by Gasteiger charge is -2.32. The van der Waals surface area contributed by atoms with Gasteiger partial charge in [0.1, 0.15) is 0 Å². The van der Waals surface area contributed by atoms with Gasteiger partial charge in [-0.1, -0.05) is 0 Å². The van der Waals surface area contributed by atoms with Crippen molar-refractivity contribution >= 4 is 29.4 Å². The number of anilines is 1. The molecule has 0 aliphatic carbocycles. The number of alkyl halides is 3. The Kier molecular flexibility index (Phi) is 4.32. The van der Waals surface area contributed by atoms with Gasteiger partial charge in [-0.3, -0.25) is 24.2 Å². The molecule has 0 unspecified atom stereocenters. The average Bonchev–Trinajstić information content (AvgIpc) is 2.51. The molecule has 1 N–H and O–H groups in total. The van der Waals surface area contributed by atoms with Crippen LogP contribution in [0.25, 0.3) is 0 Å². The van der Waals surface area contributed by atoms with Crippen molar-refractivity contribution in [1.82, 2.24) is 9.80 Å². The van der Waals surface area contributed by atoms with E-state index in [1.165, 1.54) is 0 Å². The van der Waals surface area contributed by atoms with Gasteiger partial charge in [0.2, 0.25) is 5.91 Å². The van der Waals surface area contributed by atoms with E-state index in [1.54, 1.807) is 0 Å². The minimum absolute atomic E-state index is 0.0178. The van der Waals surface area contributed by atoms with Crippen LogP contribution < -0.4 is 5.32 Å². The van der Waals surface area contributed by atoms with Crippen molar-refractivity contribution in [2.75, 3.05) is 19.4 Å². The van der Waals surface area contributed by atoms with E-state index in [4.69, 9.17) is 0 Å². The maximum atomic E-state index is 12.5. The third kappa shape index (κ3) is 3.07. The minimum atomic E-state index is -4.52. The summed E-state index contributed by atoms with van der Waals surface area (Å²) in [5.41, 5.74) is -0.925. The standard InChI is InChI=1S/C14H12F3N3O4/c1-19-11(22)9(12(23)20(2)13(19)24)10(21)18-8-5-3-7(4-6-8)14(15,16)17/h3-6,9H,1-2H3,(H,18,21). The molecule has 24 heavy (non-hydrogen) atoms. The molecule has 0 spiro atoms. The van der Waals surface area contributed by atoms with Crippen LogP contribution in [0.3, 0.4) is 0 Å². The van der Waals surface area contributed by atoms with Crippen molar-refractivity contribution in [3.05, 3.63) is 29.8 Å².